The maximum atomic E-state index is 3.99. The highest BCUT2D eigenvalue weighted by molar-refractivity contribution is 9.09. The molecule has 0 saturated heterocycles. The van der Waals surface area contributed by atoms with Crippen LogP contribution in [0.2, 0.25) is 0 Å². The lowest BCUT2D eigenvalue weighted by Gasteiger charge is -2.42. The Kier molecular flexibility index (Phi) is 9.57. The van der Waals surface area contributed by atoms with Gasteiger partial charge in [-0.15, -0.1) is 0 Å². The normalized spacial score (nSPS) is 27.0. The standard InChI is InChI=1S/C20H39Br/c1-5-6-7-8-9-10-11-12-15-20(3,4)18-14-13-17(2)16-19(18)21/h17-19H,5-16H2,1-4H3. The first-order valence-corrected chi connectivity index (χ1v) is 10.5. The van der Waals surface area contributed by atoms with Gasteiger partial charge in [0.05, 0.1) is 0 Å². The van der Waals surface area contributed by atoms with Crippen LogP contribution in [0.3, 0.4) is 0 Å². The first kappa shape index (κ1) is 19.5. The molecule has 0 spiro atoms. The van der Waals surface area contributed by atoms with Gasteiger partial charge in [0.25, 0.3) is 0 Å². The molecule has 3 unspecified atom stereocenters. The second-order valence-corrected chi connectivity index (χ2v) is 9.43. The van der Waals surface area contributed by atoms with Gasteiger partial charge in [0.1, 0.15) is 0 Å². The quantitative estimate of drug-likeness (QED) is 0.276. The van der Waals surface area contributed by atoms with Crippen molar-refractivity contribution in [2.75, 3.05) is 0 Å². The molecule has 1 fully saturated rings. The number of alkyl halides is 1. The van der Waals surface area contributed by atoms with Crippen molar-refractivity contribution in [3.05, 3.63) is 0 Å². The summed E-state index contributed by atoms with van der Waals surface area (Å²) in [6.45, 7) is 9.74. The molecule has 1 aliphatic carbocycles. The Balaban J connectivity index is 2.15. The van der Waals surface area contributed by atoms with E-state index in [1.807, 2.05) is 0 Å². The third kappa shape index (κ3) is 7.53. The average molecular weight is 359 g/mol. The Hall–Kier alpha value is 0.480. The number of unbranched alkanes of at least 4 members (excludes halogenated alkanes) is 7. The zero-order valence-corrected chi connectivity index (χ0v) is 16.7. The molecule has 0 nitrogen and oxygen atoms in total. The minimum atomic E-state index is 0.524. The van der Waals surface area contributed by atoms with Gasteiger partial charge in [-0.3, -0.25) is 0 Å². The summed E-state index contributed by atoms with van der Waals surface area (Å²) >= 11 is 3.99. The molecule has 1 aliphatic rings. The zero-order chi connectivity index (χ0) is 15.7. The van der Waals surface area contributed by atoms with Crippen molar-refractivity contribution in [1.29, 1.82) is 0 Å². The lowest BCUT2D eigenvalue weighted by atomic mass is 9.67. The van der Waals surface area contributed by atoms with Crippen LogP contribution >= 0.6 is 15.9 Å². The molecule has 1 saturated carbocycles. The van der Waals surface area contributed by atoms with Crippen molar-refractivity contribution in [1.82, 2.24) is 0 Å². The van der Waals surface area contributed by atoms with Crippen molar-refractivity contribution in [3.63, 3.8) is 0 Å². The Bertz CT molecular complexity index is 259. The van der Waals surface area contributed by atoms with Crippen LogP contribution in [0.1, 0.15) is 105 Å². The van der Waals surface area contributed by atoms with Crippen LogP contribution in [0, 0.1) is 17.3 Å². The predicted octanol–water partition coefficient (Wildman–Crippen LogP) is 7.74. The maximum Gasteiger partial charge on any atom is 0.0181 e. The van der Waals surface area contributed by atoms with Crippen LogP contribution in [0.5, 0.6) is 0 Å². The van der Waals surface area contributed by atoms with Crippen molar-refractivity contribution in [2.24, 2.45) is 17.3 Å². The molecule has 1 rings (SSSR count). The molecular weight excluding hydrogens is 320 g/mol. The van der Waals surface area contributed by atoms with Gasteiger partial charge in [0.2, 0.25) is 0 Å². The Morgan fingerprint density at radius 3 is 2.05 bits per heavy atom. The lowest BCUT2D eigenvalue weighted by Crippen LogP contribution is -2.35. The van der Waals surface area contributed by atoms with Crippen molar-refractivity contribution >= 4 is 15.9 Å². The number of rotatable bonds is 10. The van der Waals surface area contributed by atoms with Crippen LogP contribution in [0.15, 0.2) is 0 Å². The first-order chi connectivity index (χ1) is 9.97. The van der Waals surface area contributed by atoms with Crippen LogP contribution in [-0.4, -0.2) is 4.83 Å². The molecule has 0 N–H and O–H groups in total. The van der Waals surface area contributed by atoms with Gasteiger partial charge < -0.3 is 0 Å². The molecule has 0 aliphatic heterocycles. The zero-order valence-electron chi connectivity index (χ0n) is 15.1. The fraction of sp³-hybridized carbons (Fsp3) is 1.00. The van der Waals surface area contributed by atoms with Crippen LogP contribution in [0.4, 0.5) is 0 Å². The second-order valence-electron chi connectivity index (χ2n) is 8.25. The Morgan fingerprint density at radius 2 is 1.48 bits per heavy atom. The molecule has 126 valence electrons. The van der Waals surface area contributed by atoms with E-state index in [2.05, 4.69) is 43.6 Å². The maximum absolute atomic E-state index is 3.99. The molecule has 21 heavy (non-hydrogen) atoms. The third-order valence-electron chi connectivity index (χ3n) is 5.71. The van der Waals surface area contributed by atoms with Gasteiger partial charge in [0, 0.05) is 4.83 Å². The Labute approximate surface area is 143 Å². The molecule has 0 aromatic carbocycles. The smallest absolute Gasteiger partial charge is 0.0181 e. The van der Waals surface area contributed by atoms with Gasteiger partial charge in [-0.1, -0.05) is 101 Å². The average Bonchev–Trinajstić information content (AvgIpc) is 2.41. The van der Waals surface area contributed by atoms with Gasteiger partial charge in [0.15, 0.2) is 0 Å². The van der Waals surface area contributed by atoms with Gasteiger partial charge >= 0.3 is 0 Å². The molecule has 0 heterocycles. The highest BCUT2D eigenvalue weighted by Crippen LogP contribution is 2.46. The molecule has 0 aromatic heterocycles. The minimum absolute atomic E-state index is 0.524. The van der Waals surface area contributed by atoms with E-state index in [1.165, 1.54) is 77.0 Å². The van der Waals surface area contributed by atoms with Crippen LogP contribution in [0.25, 0.3) is 0 Å². The highest BCUT2D eigenvalue weighted by Gasteiger charge is 2.37. The summed E-state index contributed by atoms with van der Waals surface area (Å²) < 4.78 is 0. The SMILES string of the molecule is CCCCCCCCCCC(C)(C)C1CCC(C)CC1Br. The molecule has 0 amide bonds. The van der Waals surface area contributed by atoms with E-state index >= 15 is 0 Å². The third-order valence-corrected chi connectivity index (χ3v) is 6.73. The van der Waals surface area contributed by atoms with E-state index in [1.54, 1.807) is 0 Å². The summed E-state index contributed by atoms with van der Waals surface area (Å²) in [4.78, 5) is 0.755. The predicted molar refractivity (Wildman–Crippen MR) is 100 cm³/mol. The number of hydrogen-bond acceptors (Lipinski definition) is 0. The topological polar surface area (TPSA) is 0 Å². The van der Waals surface area contributed by atoms with Gasteiger partial charge in [-0.05, 0) is 36.5 Å². The number of halogens is 1. The van der Waals surface area contributed by atoms with Gasteiger partial charge in [-0.2, -0.15) is 0 Å². The van der Waals surface area contributed by atoms with E-state index < -0.39 is 0 Å². The monoisotopic (exact) mass is 358 g/mol. The van der Waals surface area contributed by atoms with E-state index in [9.17, 15) is 0 Å². The van der Waals surface area contributed by atoms with E-state index in [-0.39, 0.29) is 0 Å². The van der Waals surface area contributed by atoms with E-state index in [0.29, 0.717) is 5.41 Å². The fourth-order valence-corrected chi connectivity index (χ4v) is 5.71. The van der Waals surface area contributed by atoms with E-state index in [4.69, 9.17) is 0 Å². The summed E-state index contributed by atoms with van der Waals surface area (Å²) in [5.41, 5.74) is 0.524. The highest BCUT2D eigenvalue weighted by atomic mass is 79.9. The summed E-state index contributed by atoms with van der Waals surface area (Å²) in [5, 5.41) is 0. The van der Waals surface area contributed by atoms with Crippen molar-refractivity contribution in [2.45, 2.75) is 110 Å². The summed E-state index contributed by atoms with van der Waals surface area (Å²) in [6.07, 6.45) is 17.2. The van der Waals surface area contributed by atoms with Crippen molar-refractivity contribution in [3.8, 4) is 0 Å². The minimum Gasteiger partial charge on any atom is -0.0887 e. The summed E-state index contributed by atoms with van der Waals surface area (Å²) in [5.74, 6) is 1.81. The first-order valence-electron chi connectivity index (χ1n) is 9.61. The Morgan fingerprint density at radius 1 is 0.905 bits per heavy atom. The molecular formula is C20H39Br. The molecule has 0 bridgehead atoms. The van der Waals surface area contributed by atoms with Gasteiger partial charge in [-0.25, -0.2) is 0 Å². The summed E-state index contributed by atoms with van der Waals surface area (Å²) in [7, 11) is 0. The molecule has 0 radical (unpaired) electrons. The van der Waals surface area contributed by atoms with Crippen LogP contribution in [-0.2, 0) is 0 Å². The molecule has 3 atom stereocenters. The molecule has 1 heteroatoms. The van der Waals surface area contributed by atoms with E-state index in [0.717, 1.165) is 16.7 Å². The lowest BCUT2D eigenvalue weighted by molar-refractivity contribution is 0.133. The van der Waals surface area contributed by atoms with Crippen LogP contribution < -0.4 is 0 Å². The second kappa shape index (κ2) is 10.3. The van der Waals surface area contributed by atoms with Crippen molar-refractivity contribution < 1.29 is 0 Å². The number of hydrogen-bond donors (Lipinski definition) is 0. The fourth-order valence-electron chi connectivity index (χ4n) is 4.09. The molecule has 0 aromatic rings. The summed E-state index contributed by atoms with van der Waals surface area (Å²) in [6, 6.07) is 0. The largest absolute Gasteiger partial charge is 0.0887 e.